The van der Waals surface area contributed by atoms with Gasteiger partial charge in [-0.25, -0.2) is 0 Å². The van der Waals surface area contributed by atoms with Crippen LogP contribution in [0.15, 0.2) is 42.6 Å². The predicted molar refractivity (Wildman–Crippen MR) is 74.8 cm³/mol. The SMILES string of the molecule is Cc1ccc(Cn2cccc2-c2n[nH]nc2C#N)cc1. The summed E-state index contributed by atoms with van der Waals surface area (Å²) in [7, 11) is 0. The number of H-pyrrole nitrogens is 1. The molecule has 2 aromatic heterocycles. The van der Waals surface area contributed by atoms with Gasteiger partial charge in [-0.1, -0.05) is 29.8 Å². The number of rotatable bonds is 3. The van der Waals surface area contributed by atoms with Gasteiger partial charge in [-0.15, -0.1) is 5.10 Å². The van der Waals surface area contributed by atoms with E-state index in [0.717, 1.165) is 12.2 Å². The number of hydrogen-bond donors (Lipinski definition) is 1. The van der Waals surface area contributed by atoms with E-state index in [2.05, 4.69) is 51.2 Å². The van der Waals surface area contributed by atoms with Crippen molar-refractivity contribution in [2.24, 2.45) is 0 Å². The molecule has 3 aromatic rings. The second kappa shape index (κ2) is 5.02. The summed E-state index contributed by atoms with van der Waals surface area (Å²) in [4.78, 5) is 0. The third-order valence-corrected chi connectivity index (χ3v) is 3.20. The summed E-state index contributed by atoms with van der Waals surface area (Å²) < 4.78 is 2.06. The molecule has 0 amide bonds. The molecule has 0 aliphatic rings. The highest BCUT2D eigenvalue weighted by atomic mass is 15.3. The van der Waals surface area contributed by atoms with E-state index in [0.29, 0.717) is 11.4 Å². The summed E-state index contributed by atoms with van der Waals surface area (Å²) in [6, 6.07) is 14.3. The molecular formula is C15H13N5. The van der Waals surface area contributed by atoms with Crippen LogP contribution in [0.25, 0.3) is 11.4 Å². The molecule has 0 fully saturated rings. The van der Waals surface area contributed by atoms with Crippen molar-refractivity contribution in [2.75, 3.05) is 0 Å². The van der Waals surface area contributed by atoms with Gasteiger partial charge >= 0.3 is 0 Å². The molecule has 98 valence electrons. The Hall–Kier alpha value is -2.87. The minimum atomic E-state index is 0.314. The molecule has 0 saturated carbocycles. The van der Waals surface area contributed by atoms with Gasteiger partial charge in [0.2, 0.25) is 0 Å². The van der Waals surface area contributed by atoms with Gasteiger partial charge in [-0.05, 0) is 24.6 Å². The molecular weight excluding hydrogens is 250 g/mol. The average molecular weight is 263 g/mol. The fourth-order valence-corrected chi connectivity index (χ4v) is 2.14. The van der Waals surface area contributed by atoms with Crippen LogP contribution in [0.1, 0.15) is 16.8 Å². The molecule has 3 rings (SSSR count). The summed E-state index contributed by atoms with van der Waals surface area (Å²) >= 11 is 0. The van der Waals surface area contributed by atoms with Crippen molar-refractivity contribution < 1.29 is 0 Å². The molecule has 20 heavy (non-hydrogen) atoms. The van der Waals surface area contributed by atoms with Gasteiger partial charge in [0.05, 0.1) is 5.69 Å². The second-order valence-corrected chi connectivity index (χ2v) is 4.64. The molecule has 5 heteroatoms. The first-order valence-corrected chi connectivity index (χ1v) is 6.30. The lowest BCUT2D eigenvalue weighted by Gasteiger charge is -2.08. The Morgan fingerprint density at radius 1 is 1.20 bits per heavy atom. The Kier molecular flexibility index (Phi) is 3.05. The summed E-state index contributed by atoms with van der Waals surface area (Å²) in [5, 5.41) is 19.4. The highest BCUT2D eigenvalue weighted by molar-refractivity contribution is 5.61. The first-order chi connectivity index (χ1) is 9.78. The van der Waals surface area contributed by atoms with Crippen LogP contribution in [0, 0.1) is 18.3 Å². The van der Waals surface area contributed by atoms with Crippen molar-refractivity contribution in [1.29, 1.82) is 5.26 Å². The van der Waals surface area contributed by atoms with E-state index in [9.17, 15) is 0 Å². The minimum Gasteiger partial charge on any atom is -0.342 e. The zero-order valence-electron chi connectivity index (χ0n) is 11.0. The molecule has 0 radical (unpaired) electrons. The number of aromatic nitrogens is 4. The molecule has 0 saturated heterocycles. The first kappa shape index (κ1) is 12.2. The van der Waals surface area contributed by atoms with Crippen LogP contribution in [-0.2, 0) is 6.54 Å². The summed E-state index contributed by atoms with van der Waals surface area (Å²) in [6.07, 6.45) is 1.98. The number of aromatic amines is 1. The lowest BCUT2D eigenvalue weighted by atomic mass is 10.1. The Morgan fingerprint density at radius 3 is 2.75 bits per heavy atom. The molecule has 0 aliphatic heterocycles. The number of aryl methyl sites for hydroxylation is 1. The van der Waals surface area contributed by atoms with Gasteiger partial charge in [0.25, 0.3) is 0 Å². The lowest BCUT2D eigenvalue weighted by Crippen LogP contribution is -2.01. The van der Waals surface area contributed by atoms with E-state index in [4.69, 9.17) is 5.26 Å². The quantitative estimate of drug-likeness (QED) is 0.789. The molecule has 1 N–H and O–H groups in total. The Labute approximate surface area is 116 Å². The van der Waals surface area contributed by atoms with Crippen molar-refractivity contribution in [2.45, 2.75) is 13.5 Å². The lowest BCUT2D eigenvalue weighted by molar-refractivity contribution is 0.809. The molecule has 0 aliphatic carbocycles. The highest BCUT2D eigenvalue weighted by Crippen LogP contribution is 2.21. The van der Waals surface area contributed by atoms with Gasteiger partial charge in [0.1, 0.15) is 11.8 Å². The van der Waals surface area contributed by atoms with Crippen LogP contribution in [0.2, 0.25) is 0 Å². The van der Waals surface area contributed by atoms with Gasteiger partial charge in [-0.2, -0.15) is 15.6 Å². The van der Waals surface area contributed by atoms with E-state index < -0.39 is 0 Å². The highest BCUT2D eigenvalue weighted by Gasteiger charge is 2.13. The van der Waals surface area contributed by atoms with Crippen molar-refractivity contribution in [3.05, 3.63) is 59.4 Å². The zero-order chi connectivity index (χ0) is 13.9. The number of nitrogens with zero attached hydrogens (tertiary/aromatic N) is 4. The average Bonchev–Trinajstić information content (AvgIpc) is 3.09. The van der Waals surface area contributed by atoms with Crippen LogP contribution < -0.4 is 0 Å². The van der Waals surface area contributed by atoms with Crippen LogP contribution in [0.3, 0.4) is 0 Å². The van der Waals surface area contributed by atoms with Crippen LogP contribution in [-0.4, -0.2) is 20.0 Å². The normalized spacial score (nSPS) is 10.4. The van der Waals surface area contributed by atoms with E-state index in [1.54, 1.807) is 0 Å². The van der Waals surface area contributed by atoms with Gasteiger partial charge < -0.3 is 4.57 Å². The number of nitrogens with one attached hydrogen (secondary N) is 1. The molecule has 0 spiro atoms. The Morgan fingerprint density at radius 2 is 2.00 bits per heavy atom. The fraction of sp³-hybridized carbons (Fsp3) is 0.133. The summed E-state index contributed by atoms with van der Waals surface area (Å²) in [5.74, 6) is 0. The van der Waals surface area contributed by atoms with E-state index in [-0.39, 0.29) is 0 Å². The Balaban J connectivity index is 1.95. The third kappa shape index (κ3) is 2.19. The van der Waals surface area contributed by atoms with Crippen LogP contribution >= 0.6 is 0 Å². The van der Waals surface area contributed by atoms with Crippen LogP contribution in [0.5, 0.6) is 0 Å². The van der Waals surface area contributed by atoms with E-state index in [1.165, 1.54) is 11.1 Å². The topological polar surface area (TPSA) is 70.3 Å². The van der Waals surface area contributed by atoms with Crippen molar-refractivity contribution >= 4 is 0 Å². The maximum atomic E-state index is 9.04. The second-order valence-electron chi connectivity index (χ2n) is 4.64. The molecule has 0 atom stereocenters. The maximum absolute atomic E-state index is 9.04. The maximum Gasteiger partial charge on any atom is 0.191 e. The largest absolute Gasteiger partial charge is 0.342 e. The predicted octanol–water partition coefficient (Wildman–Crippen LogP) is 2.50. The number of benzene rings is 1. The summed E-state index contributed by atoms with van der Waals surface area (Å²) in [6.45, 7) is 2.81. The molecule has 1 aromatic carbocycles. The molecule has 2 heterocycles. The monoisotopic (exact) mass is 263 g/mol. The number of hydrogen-bond acceptors (Lipinski definition) is 3. The third-order valence-electron chi connectivity index (χ3n) is 3.20. The number of nitriles is 1. The fourth-order valence-electron chi connectivity index (χ4n) is 2.14. The van der Waals surface area contributed by atoms with Crippen molar-refractivity contribution in [3.63, 3.8) is 0 Å². The van der Waals surface area contributed by atoms with Gasteiger partial charge in [0.15, 0.2) is 5.69 Å². The van der Waals surface area contributed by atoms with Gasteiger partial charge in [-0.3, -0.25) is 0 Å². The van der Waals surface area contributed by atoms with Crippen LogP contribution in [0.4, 0.5) is 0 Å². The zero-order valence-corrected chi connectivity index (χ0v) is 11.0. The Bertz CT molecular complexity index is 758. The smallest absolute Gasteiger partial charge is 0.191 e. The van der Waals surface area contributed by atoms with E-state index in [1.807, 2.05) is 24.4 Å². The van der Waals surface area contributed by atoms with E-state index >= 15 is 0 Å². The summed E-state index contributed by atoms with van der Waals surface area (Å²) in [5.41, 5.74) is 4.23. The standard InChI is InChI=1S/C15H13N5/c1-11-4-6-12(7-5-11)10-20-8-2-3-14(20)15-13(9-16)17-19-18-15/h2-8H,10H2,1H3,(H,17,18,19). The minimum absolute atomic E-state index is 0.314. The molecule has 0 bridgehead atoms. The first-order valence-electron chi connectivity index (χ1n) is 6.30. The molecule has 0 unspecified atom stereocenters. The van der Waals surface area contributed by atoms with Gasteiger partial charge in [0, 0.05) is 12.7 Å². The molecule has 5 nitrogen and oxygen atoms in total. The van der Waals surface area contributed by atoms with Crippen molar-refractivity contribution in [1.82, 2.24) is 20.0 Å². The van der Waals surface area contributed by atoms with Crippen molar-refractivity contribution in [3.8, 4) is 17.5 Å².